The number of hydrogen-bond acceptors (Lipinski definition) is 8. The molecule has 0 unspecified atom stereocenters. The first kappa shape index (κ1) is 34.2. The van der Waals surface area contributed by atoms with Crippen molar-refractivity contribution in [3.05, 3.63) is 24.3 Å². The van der Waals surface area contributed by atoms with E-state index in [9.17, 15) is 28.8 Å². The van der Waals surface area contributed by atoms with E-state index in [1.165, 1.54) is 18.6 Å². The summed E-state index contributed by atoms with van der Waals surface area (Å²) in [4.78, 5) is 88.5. The molecule has 12 heteroatoms. The number of carbonyl (C=O) groups is 6. The molecule has 12 nitrogen and oxygen atoms in total. The third-order valence-electron chi connectivity index (χ3n) is 9.68. The van der Waals surface area contributed by atoms with Gasteiger partial charge in [0.1, 0.15) is 23.8 Å². The normalized spacial score (nSPS) is 23.7. The van der Waals surface area contributed by atoms with Crippen molar-refractivity contribution in [2.45, 2.75) is 116 Å². The van der Waals surface area contributed by atoms with Crippen molar-refractivity contribution in [1.29, 1.82) is 0 Å². The maximum Gasteiger partial charge on any atom is 0.272 e. The van der Waals surface area contributed by atoms with Gasteiger partial charge in [0, 0.05) is 18.9 Å². The molecule has 45 heavy (non-hydrogen) atoms. The molecule has 0 bridgehead atoms. The summed E-state index contributed by atoms with van der Waals surface area (Å²) in [6.07, 6.45) is 12.4. The van der Waals surface area contributed by atoms with Crippen LogP contribution in [0.4, 0.5) is 0 Å². The van der Waals surface area contributed by atoms with E-state index in [0.29, 0.717) is 19.4 Å². The lowest BCUT2D eigenvalue weighted by Gasteiger charge is -2.38. The van der Waals surface area contributed by atoms with E-state index in [1.807, 2.05) is 27.7 Å². The van der Waals surface area contributed by atoms with Gasteiger partial charge in [-0.3, -0.25) is 33.8 Å². The van der Waals surface area contributed by atoms with Crippen molar-refractivity contribution in [2.75, 3.05) is 6.54 Å². The summed E-state index contributed by atoms with van der Waals surface area (Å²) in [6.45, 7) is 7.81. The number of aromatic nitrogens is 2. The minimum atomic E-state index is -0.985. The van der Waals surface area contributed by atoms with Gasteiger partial charge in [-0.15, -0.1) is 0 Å². The summed E-state index contributed by atoms with van der Waals surface area (Å²) >= 11 is 0. The van der Waals surface area contributed by atoms with Crippen molar-refractivity contribution in [3.63, 3.8) is 0 Å². The Balaban J connectivity index is 1.58. The lowest BCUT2D eigenvalue weighted by atomic mass is 9.82. The molecule has 6 atom stereocenters. The number of fused-ring (bicyclic) bond motifs is 1. The fourth-order valence-corrected chi connectivity index (χ4v) is 7.32. The van der Waals surface area contributed by atoms with E-state index in [1.54, 1.807) is 4.90 Å². The van der Waals surface area contributed by atoms with Crippen LogP contribution < -0.4 is 16.0 Å². The van der Waals surface area contributed by atoms with Gasteiger partial charge in [-0.2, -0.15) is 0 Å². The first-order valence-electron chi connectivity index (χ1n) is 16.4. The first-order valence-corrected chi connectivity index (χ1v) is 16.4. The summed E-state index contributed by atoms with van der Waals surface area (Å²) in [5, 5.41) is 8.63. The molecular weight excluding hydrogens is 576 g/mol. The quantitative estimate of drug-likeness (QED) is 0.235. The molecule has 0 radical (unpaired) electrons. The molecule has 3 fully saturated rings. The molecule has 2 heterocycles. The zero-order valence-corrected chi connectivity index (χ0v) is 26.9. The lowest BCUT2D eigenvalue weighted by molar-refractivity contribution is -0.145. The Hall–Kier alpha value is -3.70. The van der Waals surface area contributed by atoms with Crippen molar-refractivity contribution < 1.29 is 28.8 Å². The zero-order chi connectivity index (χ0) is 32.7. The molecule has 1 aromatic heterocycles. The second-order valence-corrected chi connectivity index (χ2v) is 13.9. The Bertz CT molecular complexity index is 1240. The number of Topliss-reactive ketones (excluding diaryl/α,β-unsaturated/α-hetero) is 1. The highest BCUT2D eigenvalue weighted by molar-refractivity contribution is 6.28. The van der Waals surface area contributed by atoms with Gasteiger partial charge in [-0.05, 0) is 55.3 Å². The first-order chi connectivity index (χ1) is 21.5. The van der Waals surface area contributed by atoms with Gasteiger partial charge < -0.3 is 20.9 Å². The second kappa shape index (κ2) is 15.1. The minimum absolute atomic E-state index is 0.0693. The highest BCUT2D eigenvalue weighted by Crippen LogP contribution is 2.43. The summed E-state index contributed by atoms with van der Waals surface area (Å²) in [6, 6.07) is -3.61. The molecule has 2 saturated carbocycles. The third kappa shape index (κ3) is 8.12. The standard InChI is InChI=1S/C33H48N6O6/c1-5-10-23(25(41)19-40)36-31(44)27-22-14-9-13-21(22)18-39(27)32(45)28(33(2,3)4)38-30(43)26(20-11-7-6-8-12-20)37-29(42)24-17-34-15-16-35-24/h15-17,19-23,26-28H,5-14,18H2,1-4H3,(H,36,44)(H,37,42)(H,38,43)/t21-,22-,23-,26+,27-,28+/m0/s1. The molecule has 0 aromatic carbocycles. The van der Waals surface area contributed by atoms with Crippen molar-refractivity contribution >= 4 is 35.7 Å². The highest BCUT2D eigenvalue weighted by Gasteiger charge is 2.52. The predicted octanol–water partition coefficient (Wildman–Crippen LogP) is 2.37. The molecule has 1 aliphatic heterocycles. The maximum absolute atomic E-state index is 14.4. The second-order valence-electron chi connectivity index (χ2n) is 13.9. The molecule has 3 N–H and O–H groups in total. The van der Waals surface area contributed by atoms with Gasteiger partial charge in [0.25, 0.3) is 5.91 Å². The highest BCUT2D eigenvalue weighted by atomic mass is 16.2. The van der Waals surface area contributed by atoms with Gasteiger partial charge in [0.05, 0.1) is 12.2 Å². The lowest BCUT2D eigenvalue weighted by Crippen LogP contribution is -2.62. The number of likely N-dealkylation sites (tertiary alicyclic amines) is 1. The Morgan fingerprint density at radius 3 is 2.33 bits per heavy atom. The smallest absolute Gasteiger partial charge is 0.272 e. The van der Waals surface area contributed by atoms with E-state index in [0.717, 1.165) is 51.4 Å². The van der Waals surface area contributed by atoms with Gasteiger partial charge in [-0.1, -0.05) is 59.8 Å². The fraction of sp³-hybridized carbons (Fsp3) is 0.697. The monoisotopic (exact) mass is 624 g/mol. The van der Waals surface area contributed by atoms with Crippen LogP contribution in [0.3, 0.4) is 0 Å². The maximum atomic E-state index is 14.4. The van der Waals surface area contributed by atoms with E-state index in [-0.39, 0.29) is 35.6 Å². The van der Waals surface area contributed by atoms with Crippen LogP contribution in [0.2, 0.25) is 0 Å². The van der Waals surface area contributed by atoms with E-state index in [2.05, 4.69) is 25.9 Å². The van der Waals surface area contributed by atoms with E-state index in [4.69, 9.17) is 0 Å². The third-order valence-corrected chi connectivity index (χ3v) is 9.68. The number of aldehydes is 1. The van der Waals surface area contributed by atoms with Crippen LogP contribution in [-0.2, 0) is 24.0 Å². The van der Waals surface area contributed by atoms with Gasteiger partial charge in [0.2, 0.25) is 23.5 Å². The van der Waals surface area contributed by atoms with Crippen molar-refractivity contribution in [3.8, 4) is 0 Å². The molecule has 4 amide bonds. The fourth-order valence-electron chi connectivity index (χ4n) is 7.32. The summed E-state index contributed by atoms with van der Waals surface area (Å²) < 4.78 is 0. The van der Waals surface area contributed by atoms with Crippen molar-refractivity contribution in [2.24, 2.45) is 23.2 Å². The summed E-state index contributed by atoms with van der Waals surface area (Å²) in [5.74, 6) is -2.51. The molecule has 0 spiro atoms. The van der Waals surface area contributed by atoms with Crippen LogP contribution in [0.15, 0.2) is 18.6 Å². The predicted molar refractivity (Wildman–Crippen MR) is 165 cm³/mol. The molecule has 246 valence electrons. The Morgan fingerprint density at radius 1 is 0.978 bits per heavy atom. The van der Waals surface area contributed by atoms with E-state index < -0.39 is 53.1 Å². The summed E-state index contributed by atoms with van der Waals surface area (Å²) in [5.41, 5.74) is -0.628. The van der Waals surface area contributed by atoms with E-state index >= 15 is 0 Å². The number of nitrogens with one attached hydrogen (secondary N) is 3. The average Bonchev–Trinajstić information content (AvgIpc) is 3.63. The largest absolute Gasteiger partial charge is 0.344 e. The topological polar surface area (TPSA) is 168 Å². The average molecular weight is 625 g/mol. The molecule has 2 aliphatic carbocycles. The van der Waals surface area contributed by atoms with Crippen LogP contribution in [0.5, 0.6) is 0 Å². The number of amides is 4. The Labute approximate surface area is 265 Å². The number of ketones is 1. The van der Waals surface area contributed by atoms with Gasteiger partial charge in [0.15, 0.2) is 6.29 Å². The molecule has 4 rings (SSSR count). The zero-order valence-electron chi connectivity index (χ0n) is 26.9. The molecule has 1 aromatic rings. The van der Waals surface area contributed by atoms with Crippen LogP contribution >= 0.6 is 0 Å². The van der Waals surface area contributed by atoms with Gasteiger partial charge in [-0.25, -0.2) is 4.98 Å². The number of carbonyl (C=O) groups excluding carboxylic acids is 6. The van der Waals surface area contributed by atoms with Crippen LogP contribution in [0.1, 0.15) is 102 Å². The van der Waals surface area contributed by atoms with Crippen LogP contribution in [-0.4, -0.2) is 81.3 Å². The van der Waals surface area contributed by atoms with Gasteiger partial charge >= 0.3 is 0 Å². The molecule has 1 saturated heterocycles. The van der Waals surface area contributed by atoms with Crippen molar-refractivity contribution in [1.82, 2.24) is 30.8 Å². The summed E-state index contributed by atoms with van der Waals surface area (Å²) in [7, 11) is 0. The van der Waals surface area contributed by atoms with Crippen LogP contribution in [0.25, 0.3) is 0 Å². The Kier molecular flexibility index (Phi) is 11.4. The van der Waals surface area contributed by atoms with Crippen LogP contribution in [0, 0.1) is 23.2 Å². The number of hydrogen-bond donors (Lipinski definition) is 3. The molecule has 3 aliphatic rings. The number of nitrogens with zero attached hydrogens (tertiary/aromatic N) is 3. The number of rotatable bonds is 12. The SMILES string of the molecule is CCC[C@H](NC(=O)[C@@H]1[C@H]2CCC[C@H]2CN1C(=O)[C@@H](NC(=O)[C@H](NC(=O)c1cnccn1)C1CCCCC1)C(C)(C)C)C(=O)C=O. The Morgan fingerprint density at radius 2 is 1.71 bits per heavy atom. The minimum Gasteiger partial charge on any atom is -0.344 e. The molecular formula is C33H48N6O6.